The molecule has 3 rings (SSSR count). The Labute approximate surface area is 172 Å². The van der Waals surface area contributed by atoms with Crippen molar-refractivity contribution >= 4 is 23.1 Å². The number of benzene rings is 2. The average Bonchev–Trinajstić information content (AvgIpc) is 2.92. The molecule has 0 unspecified atom stereocenters. The topological polar surface area (TPSA) is 58.6 Å². The van der Waals surface area contributed by atoms with Gasteiger partial charge in [0.05, 0.1) is 12.7 Å². The van der Waals surface area contributed by atoms with Crippen LogP contribution >= 0.6 is 0 Å². The molecule has 5 nitrogen and oxygen atoms in total. The molecule has 1 aliphatic heterocycles. The van der Waals surface area contributed by atoms with Crippen LogP contribution in [0.5, 0.6) is 5.75 Å². The molecular weight excluding hydrogens is 364 g/mol. The van der Waals surface area contributed by atoms with E-state index in [9.17, 15) is 9.59 Å². The van der Waals surface area contributed by atoms with E-state index in [0.29, 0.717) is 29.3 Å². The highest BCUT2D eigenvalue weighted by molar-refractivity contribution is 6.37. The number of nitrogens with zero attached hydrogens (tertiary/aromatic N) is 1. The molecular formula is C24H28N2O3. The van der Waals surface area contributed by atoms with Crippen molar-refractivity contribution in [1.29, 1.82) is 0 Å². The summed E-state index contributed by atoms with van der Waals surface area (Å²) in [5.74, 6) is 0.548. The van der Waals surface area contributed by atoms with Gasteiger partial charge < -0.3 is 10.1 Å². The van der Waals surface area contributed by atoms with E-state index in [4.69, 9.17) is 4.74 Å². The van der Waals surface area contributed by atoms with E-state index < -0.39 is 0 Å². The van der Waals surface area contributed by atoms with Crippen LogP contribution in [0.1, 0.15) is 44.7 Å². The van der Waals surface area contributed by atoms with Gasteiger partial charge in [-0.25, -0.2) is 0 Å². The Balaban J connectivity index is 2.06. The van der Waals surface area contributed by atoms with Gasteiger partial charge in [0.15, 0.2) is 0 Å². The van der Waals surface area contributed by atoms with Crippen LogP contribution in [-0.2, 0) is 9.59 Å². The average molecular weight is 392 g/mol. The summed E-state index contributed by atoms with van der Waals surface area (Å²) in [4.78, 5) is 27.7. The van der Waals surface area contributed by atoms with Crippen LogP contribution in [0.3, 0.4) is 0 Å². The highest BCUT2D eigenvalue weighted by Crippen LogP contribution is 2.35. The molecule has 2 aromatic carbocycles. The summed E-state index contributed by atoms with van der Waals surface area (Å²) in [5, 5.41) is 3.20. The lowest BCUT2D eigenvalue weighted by atomic mass is 10.0. The lowest BCUT2D eigenvalue weighted by Gasteiger charge is -2.17. The predicted molar refractivity (Wildman–Crippen MR) is 116 cm³/mol. The minimum atomic E-state index is -0.308. The van der Waals surface area contributed by atoms with Crippen LogP contribution in [0.2, 0.25) is 0 Å². The number of methoxy groups -OCH3 is 1. The number of hydrogen-bond donors (Lipinski definition) is 1. The van der Waals surface area contributed by atoms with Gasteiger partial charge in [0.1, 0.15) is 11.4 Å². The lowest BCUT2D eigenvalue weighted by Crippen LogP contribution is -2.35. The summed E-state index contributed by atoms with van der Waals surface area (Å²) < 4.78 is 5.45. The molecule has 0 aromatic heterocycles. The highest BCUT2D eigenvalue weighted by Gasteiger charge is 2.40. The van der Waals surface area contributed by atoms with Gasteiger partial charge in [0, 0.05) is 17.8 Å². The standard InChI is InChI=1S/C24H28N2O3/c1-15(2)14-26-23(27)21(19-8-6-7-9-20(19)29-5)22(24(26)28)25-18-12-10-17(11-13-18)16(3)4/h6-13,15-16,25H,14H2,1-5H3. The van der Waals surface area contributed by atoms with Crippen molar-refractivity contribution in [3.05, 3.63) is 65.4 Å². The molecule has 0 saturated heterocycles. The molecule has 2 aromatic rings. The minimum absolute atomic E-state index is 0.173. The van der Waals surface area contributed by atoms with Crippen LogP contribution in [0.25, 0.3) is 5.57 Å². The maximum Gasteiger partial charge on any atom is 0.278 e. The first-order valence-corrected chi connectivity index (χ1v) is 9.94. The van der Waals surface area contributed by atoms with Crippen molar-refractivity contribution in [3.63, 3.8) is 0 Å². The van der Waals surface area contributed by atoms with Crippen molar-refractivity contribution in [1.82, 2.24) is 4.90 Å². The number of rotatable bonds is 7. The van der Waals surface area contributed by atoms with E-state index in [0.717, 1.165) is 5.69 Å². The molecule has 152 valence electrons. The Morgan fingerprint density at radius 2 is 1.59 bits per heavy atom. The zero-order valence-corrected chi connectivity index (χ0v) is 17.7. The Hall–Kier alpha value is -3.08. The van der Waals surface area contributed by atoms with E-state index >= 15 is 0 Å². The molecule has 0 spiro atoms. The monoisotopic (exact) mass is 392 g/mol. The Bertz CT molecular complexity index is 943. The largest absolute Gasteiger partial charge is 0.496 e. The first kappa shape index (κ1) is 20.6. The van der Waals surface area contributed by atoms with Crippen LogP contribution in [0.15, 0.2) is 54.2 Å². The van der Waals surface area contributed by atoms with Crippen LogP contribution in [0, 0.1) is 5.92 Å². The van der Waals surface area contributed by atoms with Gasteiger partial charge in [-0.1, -0.05) is 58.0 Å². The van der Waals surface area contributed by atoms with Gasteiger partial charge in [-0.3, -0.25) is 14.5 Å². The van der Waals surface area contributed by atoms with E-state index in [-0.39, 0.29) is 23.4 Å². The highest BCUT2D eigenvalue weighted by atomic mass is 16.5. The zero-order chi connectivity index (χ0) is 21.1. The Kier molecular flexibility index (Phi) is 6.06. The SMILES string of the molecule is COc1ccccc1C1=C(Nc2ccc(C(C)C)cc2)C(=O)N(CC(C)C)C1=O. The number of para-hydroxylation sites is 1. The summed E-state index contributed by atoms with van der Waals surface area (Å²) in [6.45, 7) is 8.61. The first-order valence-electron chi connectivity index (χ1n) is 9.94. The van der Waals surface area contributed by atoms with E-state index in [1.54, 1.807) is 13.2 Å². The molecule has 0 saturated carbocycles. The molecule has 0 fully saturated rings. The molecule has 29 heavy (non-hydrogen) atoms. The fraction of sp³-hybridized carbons (Fsp3) is 0.333. The molecule has 1 aliphatic rings. The molecule has 0 aliphatic carbocycles. The summed E-state index contributed by atoms with van der Waals surface area (Å²) in [6, 6.07) is 15.2. The summed E-state index contributed by atoms with van der Waals surface area (Å²) >= 11 is 0. The second-order valence-corrected chi connectivity index (χ2v) is 7.97. The van der Waals surface area contributed by atoms with E-state index in [1.165, 1.54) is 10.5 Å². The van der Waals surface area contributed by atoms with Gasteiger partial charge in [-0.15, -0.1) is 0 Å². The van der Waals surface area contributed by atoms with Crippen molar-refractivity contribution in [2.45, 2.75) is 33.6 Å². The number of hydrogen-bond acceptors (Lipinski definition) is 4. The van der Waals surface area contributed by atoms with E-state index in [1.807, 2.05) is 56.3 Å². The lowest BCUT2D eigenvalue weighted by molar-refractivity contribution is -0.137. The summed E-state index contributed by atoms with van der Waals surface area (Å²) in [5.41, 5.74) is 3.23. The molecule has 2 amide bonds. The maximum atomic E-state index is 13.2. The van der Waals surface area contributed by atoms with Crippen molar-refractivity contribution in [2.24, 2.45) is 5.92 Å². The number of anilines is 1. The molecule has 0 radical (unpaired) electrons. The normalized spacial score (nSPS) is 14.4. The molecule has 5 heteroatoms. The Morgan fingerprint density at radius 3 is 2.17 bits per heavy atom. The van der Waals surface area contributed by atoms with Crippen LogP contribution < -0.4 is 10.1 Å². The molecule has 1 heterocycles. The Morgan fingerprint density at radius 1 is 0.931 bits per heavy atom. The van der Waals surface area contributed by atoms with Crippen molar-refractivity contribution < 1.29 is 14.3 Å². The second kappa shape index (κ2) is 8.52. The zero-order valence-electron chi connectivity index (χ0n) is 17.7. The number of carbonyl (C=O) groups is 2. The van der Waals surface area contributed by atoms with Gasteiger partial charge >= 0.3 is 0 Å². The van der Waals surface area contributed by atoms with Crippen LogP contribution in [0.4, 0.5) is 5.69 Å². The number of nitrogens with one attached hydrogen (secondary N) is 1. The van der Waals surface area contributed by atoms with Crippen molar-refractivity contribution in [2.75, 3.05) is 19.0 Å². The maximum absolute atomic E-state index is 13.2. The third-order valence-corrected chi connectivity index (χ3v) is 4.94. The van der Waals surface area contributed by atoms with Crippen LogP contribution in [-0.4, -0.2) is 30.4 Å². The number of amides is 2. The number of carbonyl (C=O) groups excluding carboxylic acids is 2. The summed E-state index contributed by atoms with van der Waals surface area (Å²) in [6.07, 6.45) is 0. The van der Waals surface area contributed by atoms with Gasteiger partial charge in [0.25, 0.3) is 11.8 Å². The molecule has 1 N–H and O–H groups in total. The van der Waals surface area contributed by atoms with E-state index in [2.05, 4.69) is 19.2 Å². The molecule has 0 bridgehead atoms. The summed E-state index contributed by atoms with van der Waals surface area (Å²) in [7, 11) is 1.56. The third kappa shape index (κ3) is 4.19. The van der Waals surface area contributed by atoms with Gasteiger partial charge in [0.2, 0.25) is 0 Å². The number of ether oxygens (including phenoxy) is 1. The molecule has 0 atom stereocenters. The fourth-order valence-corrected chi connectivity index (χ4v) is 3.42. The van der Waals surface area contributed by atoms with Gasteiger partial charge in [-0.2, -0.15) is 0 Å². The second-order valence-electron chi connectivity index (χ2n) is 7.97. The van der Waals surface area contributed by atoms with Gasteiger partial charge in [-0.05, 0) is 35.6 Å². The quantitative estimate of drug-likeness (QED) is 0.696. The van der Waals surface area contributed by atoms with Crippen molar-refractivity contribution in [3.8, 4) is 5.75 Å². The first-order chi connectivity index (χ1) is 13.8. The number of imide groups is 1. The predicted octanol–water partition coefficient (Wildman–Crippen LogP) is 4.67. The third-order valence-electron chi connectivity index (χ3n) is 4.94. The smallest absolute Gasteiger partial charge is 0.278 e. The minimum Gasteiger partial charge on any atom is -0.496 e. The fourth-order valence-electron chi connectivity index (χ4n) is 3.42.